The van der Waals surface area contributed by atoms with Crippen molar-refractivity contribution in [3.63, 3.8) is 0 Å². The fourth-order valence-corrected chi connectivity index (χ4v) is 3.52. The lowest BCUT2D eigenvalue weighted by atomic mass is 10.00. The van der Waals surface area contributed by atoms with Gasteiger partial charge >= 0.3 is 0 Å². The quantitative estimate of drug-likeness (QED) is 0.676. The zero-order valence-electron chi connectivity index (χ0n) is 18.2. The summed E-state index contributed by atoms with van der Waals surface area (Å²) in [6, 6.07) is 7.18. The molecule has 3 rings (SSSR count). The molecule has 0 atom stereocenters. The third kappa shape index (κ3) is 4.12. The molecule has 3 aromatic rings. The van der Waals surface area contributed by atoms with Crippen LogP contribution in [0.25, 0.3) is 11.0 Å². The first-order valence-electron chi connectivity index (χ1n) is 9.74. The molecule has 158 valence electrons. The Kier molecular flexibility index (Phi) is 6.05. The van der Waals surface area contributed by atoms with Crippen LogP contribution in [-0.4, -0.2) is 40.7 Å². The van der Waals surface area contributed by atoms with Crippen LogP contribution < -0.4 is 15.0 Å². The van der Waals surface area contributed by atoms with E-state index in [2.05, 4.69) is 15.4 Å². The summed E-state index contributed by atoms with van der Waals surface area (Å²) >= 11 is 0. The molecule has 2 heterocycles. The number of ether oxygens (including phenoxy) is 1. The molecule has 1 N–H and O–H groups in total. The van der Waals surface area contributed by atoms with Crippen LogP contribution in [-0.2, 0) is 23.1 Å². The zero-order chi connectivity index (χ0) is 22.0. The summed E-state index contributed by atoms with van der Waals surface area (Å²) in [6.07, 6.45) is 0.891. The maximum absolute atomic E-state index is 12.5. The van der Waals surface area contributed by atoms with Gasteiger partial charge < -0.3 is 15.0 Å². The maximum Gasteiger partial charge on any atom is 0.242 e. The van der Waals surface area contributed by atoms with Crippen molar-refractivity contribution in [2.45, 2.75) is 33.6 Å². The van der Waals surface area contributed by atoms with Gasteiger partial charge in [0.1, 0.15) is 0 Å². The minimum atomic E-state index is -0.0836. The first kappa shape index (κ1) is 21.3. The Morgan fingerprint density at radius 1 is 1.20 bits per heavy atom. The van der Waals surface area contributed by atoms with Crippen LogP contribution in [0.1, 0.15) is 30.2 Å². The Hall–Kier alpha value is -3.42. The van der Waals surface area contributed by atoms with Crippen molar-refractivity contribution >= 4 is 34.2 Å². The molecule has 0 radical (unpaired) electrons. The van der Waals surface area contributed by atoms with Gasteiger partial charge in [-0.2, -0.15) is 0 Å². The highest BCUT2D eigenvalue weighted by Gasteiger charge is 2.18. The molecule has 2 aromatic heterocycles. The number of methoxy groups -OCH3 is 1. The number of hydrogen-bond donors (Lipinski definition) is 1. The van der Waals surface area contributed by atoms with Gasteiger partial charge in [-0.05, 0) is 55.7 Å². The summed E-state index contributed by atoms with van der Waals surface area (Å²) < 4.78 is 7.10. The molecule has 30 heavy (non-hydrogen) atoms. The maximum atomic E-state index is 12.5. The lowest BCUT2D eigenvalue weighted by Gasteiger charge is -2.15. The SMILES string of the molecule is COc1nn(C)c2nc(C)c(CCC(=O)Nc3ccc(N(C)C(C)=O)cc3)c(C)c12. The first-order valence-corrected chi connectivity index (χ1v) is 9.74. The van der Waals surface area contributed by atoms with Gasteiger partial charge in [-0.3, -0.25) is 9.59 Å². The molecule has 1 aromatic carbocycles. The zero-order valence-corrected chi connectivity index (χ0v) is 18.2. The lowest BCUT2D eigenvalue weighted by Crippen LogP contribution is -2.22. The van der Waals surface area contributed by atoms with Gasteiger partial charge in [0.05, 0.1) is 12.5 Å². The number of nitrogens with zero attached hydrogens (tertiary/aromatic N) is 4. The van der Waals surface area contributed by atoms with E-state index in [-0.39, 0.29) is 11.8 Å². The first-order chi connectivity index (χ1) is 14.2. The summed E-state index contributed by atoms with van der Waals surface area (Å²) in [7, 11) is 5.14. The molecule has 0 aliphatic carbocycles. The Balaban J connectivity index is 1.72. The third-order valence-corrected chi connectivity index (χ3v) is 5.33. The molecule has 0 saturated heterocycles. The van der Waals surface area contributed by atoms with Gasteiger partial charge in [0.25, 0.3) is 0 Å². The van der Waals surface area contributed by atoms with E-state index in [1.807, 2.05) is 20.9 Å². The number of fused-ring (bicyclic) bond motifs is 1. The number of aromatic nitrogens is 3. The average Bonchev–Trinajstić information content (AvgIpc) is 3.03. The number of carbonyl (C=O) groups is 2. The summed E-state index contributed by atoms with van der Waals surface area (Å²) in [5.74, 6) is 0.409. The van der Waals surface area contributed by atoms with Crippen LogP contribution in [0, 0.1) is 13.8 Å². The predicted octanol–water partition coefficient (Wildman–Crippen LogP) is 3.15. The molecule has 0 aliphatic heterocycles. The van der Waals surface area contributed by atoms with Gasteiger partial charge in [-0.1, -0.05) is 0 Å². The summed E-state index contributed by atoms with van der Waals surface area (Å²) in [6.45, 7) is 5.47. The number of aryl methyl sites for hydroxylation is 3. The van der Waals surface area contributed by atoms with Crippen LogP contribution in [0.3, 0.4) is 0 Å². The molecule has 8 nitrogen and oxygen atoms in total. The molecule has 2 amide bonds. The number of carbonyl (C=O) groups excluding carboxylic acids is 2. The topological polar surface area (TPSA) is 89.3 Å². The van der Waals surface area contributed by atoms with E-state index in [1.54, 1.807) is 48.0 Å². The van der Waals surface area contributed by atoms with Crippen molar-refractivity contribution < 1.29 is 14.3 Å². The Morgan fingerprint density at radius 2 is 1.87 bits per heavy atom. The fraction of sp³-hybridized carbons (Fsp3) is 0.364. The number of pyridine rings is 1. The number of rotatable bonds is 6. The third-order valence-electron chi connectivity index (χ3n) is 5.33. The highest BCUT2D eigenvalue weighted by Crippen LogP contribution is 2.30. The smallest absolute Gasteiger partial charge is 0.242 e. The van der Waals surface area contributed by atoms with Crippen molar-refractivity contribution in [2.75, 3.05) is 24.4 Å². The molecule has 0 bridgehead atoms. The standard InChI is InChI=1S/C22H27N5O3/c1-13-18(14(2)23-21-20(13)22(30-6)25-27(21)5)11-12-19(29)24-16-7-9-17(10-8-16)26(4)15(3)28/h7-10H,11-12H2,1-6H3,(H,24,29). The minimum Gasteiger partial charge on any atom is -0.479 e. The molecule has 0 saturated carbocycles. The molecule has 0 aliphatic rings. The predicted molar refractivity (Wildman–Crippen MR) is 117 cm³/mol. The Labute approximate surface area is 175 Å². The monoisotopic (exact) mass is 409 g/mol. The molecule has 0 fully saturated rings. The van der Waals surface area contributed by atoms with Gasteiger partial charge in [0.15, 0.2) is 5.65 Å². The van der Waals surface area contributed by atoms with E-state index in [4.69, 9.17) is 4.74 Å². The second-order valence-electron chi connectivity index (χ2n) is 7.31. The number of benzene rings is 1. The van der Waals surface area contributed by atoms with Crippen LogP contribution in [0.4, 0.5) is 11.4 Å². The largest absolute Gasteiger partial charge is 0.479 e. The van der Waals surface area contributed by atoms with E-state index < -0.39 is 0 Å². The van der Waals surface area contributed by atoms with E-state index >= 15 is 0 Å². The van der Waals surface area contributed by atoms with Gasteiger partial charge in [0, 0.05) is 44.5 Å². The van der Waals surface area contributed by atoms with Crippen LogP contribution in [0.15, 0.2) is 24.3 Å². The average molecular weight is 409 g/mol. The van der Waals surface area contributed by atoms with Crippen molar-refractivity contribution in [3.05, 3.63) is 41.1 Å². The Bertz CT molecular complexity index is 1100. The summed E-state index contributed by atoms with van der Waals surface area (Å²) in [4.78, 5) is 30.1. The van der Waals surface area contributed by atoms with Gasteiger partial charge in [-0.15, -0.1) is 5.10 Å². The second kappa shape index (κ2) is 8.52. The van der Waals surface area contributed by atoms with Crippen LogP contribution >= 0.6 is 0 Å². The van der Waals surface area contributed by atoms with Crippen molar-refractivity contribution in [3.8, 4) is 5.88 Å². The van der Waals surface area contributed by atoms with Crippen LogP contribution in [0.5, 0.6) is 5.88 Å². The highest BCUT2D eigenvalue weighted by atomic mass is 16.5. The van der Waals surface area contributed by atoms with Crippen molar-refractivity contribution in [1.29, 1.82) is 0 Å². The Morgan fingerprint density at radius 3 is 2.47 bits per heavy atom. The summed E-state index contributed by atoms with van der Waals surface area (Å²) in [5, 5.41) is 8.15. The molecule has 0 spiro atoms. The highest BCUT2D eigenvalue weighted by molar-refractivity contribution is 5.93. The number of nitrogens with one attached hydrogen (secondary N) is 1. The van der Waals surface area contributed by atoms with Crippen LogP contribution in [0.2, 0.25) is 0 Å². The van der Waals surface area contributed by atoms with Gasteiger partial charge in [0.2, 0.25) is 17.7 Å². The minimum absolute atomic E-state index is 0.0478. The second-order valence-corrected chi connectivity index (χ2v) is 7.31. The molecule has 0 unspecified atom stereocenters. The number of amides is 2. The number of anilines is 2. The van der Waals surface area contributed by atoms with Crippen molar-refractivity contribution in [1.82, 2.24) is 14.8 Å². The molecule has 8 heteroatoms. The summed E-state index contributed by atoms with van der Waals surface area (Å²) in [5.41, 5.74) is 5.18. The fourth-order valence-electron chi connectivity index (χ4n) is 3.52. The van der Waals surface area contributed by atoms with E-state index in [9.17, 15) is 9.59 Å². The number of hydrogen-bond acceptors (Lipinski definition) is 5. The lowest BCUT2D eigenvalue weighted by molar-refractivity contribution is -0.117. The van der Waals surface area contributed by atoms with Crippen molar-refractivity contribution in [2.24, 2.45) is 7.05 Å². The van der Waals surface area contributed by atoms with E-state index in [1.165, 1.54) is 6.92 Å². The molecular formula is C22H27N5O3. The van der Waals surface area contributed by atoms with E-state index in [0.29, 0.717) is 24.4 Å². The van der Waals surface area contributed by atoms with Gasteiger partial charge in [-0.25, -0.2) is 9.67 Å². The van der Waals surface area contributed by atoms with E-state index in [0.717, 1.165) is 33.5 Å². The normalized spacial score (nSPS) is 10.9. The molecular weight excluding hydrogens is 382 g/mol.